The van der Waals surface area contributed by atoms with Gasteiger partial charge in [-0.25, -0.2) is 18.4 Å². The van der Waals surface area contributed by atoms with Crippen molar-refractivity contribution in [2.45, 2.75) is 13.3 Å². The molecule has 1 heterocycles. The van der Waals surface area contributed by atoms with E-state index < -0.39 is 18.4 Å². The van der Waals surface area contributed by atoms with E-state index in [2.05, 4.69) is 4.74 Å². The Balaban J connectivity index is 2.59. The minimum atomic E-state index is -2.69. The van der Waals surface area contributed by atoms with E-state index in [9.17, 15) is 18.4 Å². The summed E-state index contributed by atoms with van der Waals surface area (Å²) in [6.07, 6.45) is -2.69. The zero-order chi connectivity index (χ0) is 18.0. The molecule has 0 atom stereocenters. The van der Waals surface area contributed by atoms with Crippen molar-refractivity contribution in [3.8, 4) is 0 Å². The van der Waals surface area contributed by atoms with Crippen LogP contribution in [0.1, 0.15) is 18.9 Å². The maximum atomic E-state index is 12.9. The highest BCUT2D eigenvalue weighted by molar-refractivity contribution is 6.09. The van der Waals surface area contributed by atoms with E-state index in [4.69, 9.17) is 11.1 Å². The van der Waals surface area contributed by atoms with E-state index in [0.717, 1.165) is 4.90 Å². The molecule has 0 fully saturated rings. The molecule has 9 heteroatoms. The van der Waals surface area contributed by atoms with Crippen molar-refractivity contribution >= 4 is 23.6 Å². The van der Waals surface area contributed by atoms with Crippen molar-refractivity contribution in [3.63, 3.8) is 0 Å². The van der Waals surface area contributed by atoms with Crippen molar-refractivity contribution in [1.82, 2.24) is 4.90 Å². The summed E-state index contributed by atoms with van der Waals surface area (Å²) >= 11 is 0. The molecule has 1 aliphatic heterocycles. The van der Waals surface area contributed by atoms with Crippen molar-refractivity contribution in [2.24, 2.45) is 5.73 Å². The number of nitrogens with one attached hydrogen (secondary N) is 1. The first kappa shape index (κ1) is 17.4. The number of guanidine groups is 1. The van der Waals surface area contributed by atoms with Crippen LogP contribution in [0.3, 0.4) is 0 Å². The zero-order valence-electron chi connectivity index (χ0n) is 13.0. The van der Waals surface area contributed by atoms with Crippen LogP contribution >= 0.6 is 0 Å². The van der Waals surface area contributed by atoms with Crippen LogP contribution in [0.2, 0.25) is 0 Å². The average molecular weight is 338 g/mol. The van der Waals surface area contributed by atoms with Crippen LogP contribution in [-0.2, 0) is 9.53 Å². The van der Waals surface area contributed by atoms with Crippen LogP contribution in [0.5, 0.6) is 0 Å². The van der Waals surface area contributed by atoms with Crippen LogP contribution in [0.25, 0.3) is 0 Å². The molecule has 2 rings (SSSR count). The molecular weight excluding hydrogens is 322 g/mol. The molecule has 128 valence electrons. The molecule has 0 aliphatic carbocycles. The number of allylic oxidation sites excluding steroid dienone is 1. The van der Waals surface area contributed by atoms with Gasteiger partial charge in [0.05, 0.1) is 19.2 Å². The molecular formula is C15H16F2N4O3. The first-order chi connectivity index (χ1) is 11.3. The summed E-state index contributed by atoms with van der Waals surface area (Å²) in [5.41, 5.74) is 5.62. The number of rotatable bonds is 3. The summed E-state index contributed by atoms with van der Waals surface area (Å²) in [6, 6.07) is 4.38. The normalized spacial score (nSPS) is 15.1. The van der Waals surface area contributed by atoms with Gasteiger partial charge in [-0.2, -0.15) is 0 Å². The highest BCUT2D eigenvalue weighted by Gasteiger charge is 2.34. The Morgan fingerprint density at radius 2 is 2.04 bits per heavy atom. The van der Waals surface area contributed by atoms with Crippen LogP contribution in [-0.4, -0.2) is 36.5 Å². The summed E-state index contributed by atoms with van der Waals surface area (Å²) in [4.78, 5) is 25.6. The van der Waals surface area contributed by atoms with E-state index in [1.165, 1.54) is 43.2 Å². The molecule has 3 N–H and O–H groups in total. The number of benzene rings is 1. The third-order valence-electron chi connectivity index (χ3n) is 3.63. The van der Waals surface area contributed by atoms with Crippen molar-refractivity contribution in [2.75, 3.05) is 18.6 Å². The number of urea groups is 1. The molecule has 0 bridgehead atoms. The Morgan fingerprint density at radius 3 is 2.58 bits per heavy atom. The molecule has 1 aromatic carbocycles. The third-order valence-corrected chi connectivity index (χ3v) is 3.63. The SMILES string of the molecule is COC(=O)C1=C(C)N(c2cccc(C(F)F)c2)C(=N)N(C(N)=O)C1. The van der Waals surface area contributed by atoms with E-state index >= 15 is 0 Å². The summed E-state index contributed by atoms with van der Waals surface area (Å²) in [5.74, 6) is -1.03. The summed E-state index contributed by atoms with van der Waals surface area (Å²) in [6.45, 7) is 1.31. The van der Waals surface area contributed by atoms with Gasteiger partial charge >= 0.3 is 12.0 Å². The third kappa shape index (κ3) is 3.05. The molecule has 0 aromatic heterocycles. The van der Waals surface area contributed by atoms with Gasteiger partial charge in [-0.3, -0.25) is 15.2 Å². The number of nitrogens with zero attached hydrogens (tertiary/aromatic N) is 2. The molecule has 1 aromatic rings. The van der Waals surface area contributed by atoms with Crippen molar-refractivity contribution in [1.29, 1.82) is 5.41 Å². The maximum absolute atomic E-state index is 12.9. The molecule has 7 nitrogen and oxygen atoms in total. The van der Waals surface area contributed by atoms with Crippen molar-refractivity contribution in [3.05, 3.63) is 41.1 Å². The largest absolute Gasteiger partial charge is 0.466 e. The quantitative estimate of drug-likeness (QED) is 0.825. The second kappa shape index (κ2) is 6.65. The lowest BCUT2D eigenvalue weighted by molar-refractivity contribution is -0.136. The summed E-state index contributed by atoms with van der Waals surface area (Å²) in [7, 11) is 1.18. The summed E-state index contributed by atoms with van der Waals surface area (Å²) < 4.78 is 30.5. The second-order valence-electron chi connectivity index (χ2n) is 5.03. The van der Waals surface area contributed by atoms with Crippen LogP contribution in [0, 0.1) is 5.41 Å². The number of halogens is 2. The lowest BCUT2D eigenvalue weighted by Gasteiger charge is -2.37. The number of amides is 2. The standard InChI is InChI=1S/C15H16F2N4O3/c1-8-11(13(22)24-2)7-20(15(19)23)14(18)21(8)10-5-3-4-9(6-10)12(16)17/h3-6,12,18H,7H2,1-2H3,(H2,19,23). The number of carbonyl (C=O) groups excluding carboxylic acids is 2. The highest BCUT2D eigenvalue weighted by atomic mass is 19.3. The predicted octanol–water partition coefficient (Wildman–Crippen LogP) is 2.21. The number of hydrogen-bond donors (Lipinski definition) is 2. The van der Waals surface area contributed by atoms with Gasteiger partial charge in [0.25, 0.3) is 6.43 Å². The number of carbonyl (C=O) groups is 2. The molecule has 0 saturated heterocycles. The average Bonchev–Trinajstić information content (AvgIpc) is 2.54. The topological polar surface area (TPSA) is 99.7 Å². The number of anilines is 1. The fourth-order valence-corrected chi connectivity index (χ4v) is 2.40. The van der Waals surface area contributed by atoms with Crippen LogP contribution < -0.4 is 10.6 Å². The molecule has 24 heavy (non-hydrogen) atoms. The molecule has 2 amide bonds. The van der Waals surface area contributed by atoms with Gasteiger partial charge in [0.1, 0.15) is 0 Å². The number of esters is 1. The van der Waals surface area contributed by atoms with E-state index in [1.807, 2.05) is 0 Å². The lowest BCUT2D eigenvalue weighted by Crippen LogP contribution is -2.53. The fraction of sp³-hybridized carbons (Fsp3) is 0.267. The molecule has 0 spiro atoms. The maximum Gasteiger partial charge on any atom is 0.337 e. The Hall–Kier alpha value is -2.97. The van der Waals surface area contributed by atoms with Gasteiger partial charge in [0, 0.05) is 16.9 Å². The Morgan fingerprint density at radius 1 is 1.38 bits per heavy atom. The summed E-state index contributed by atoms with van der Waals surface area (Å²) in [5, 5.41) is 8.14. The highest BCUT2D eigenvalue weighted by Crippen LogP contribution is 2.30. The Bertz CT molecular complexity index is 733. The first-order valence-electron chi connectivity index (χ1n) is 6.89. The number of methoxy groups -OCH3 is 1. The number of nitrogens with two attached hydrogens (primary N) is 1. The molecule has 1 aliphatic rings. The van der Waals surface area contributed by atoms with Gasteiger partial charge in [-0.15, -0.1) is 0 Å². The number of ether oxygens (including phenoxy) is 1. The van der Waals surface area contributed by atoms with Gasteiger partial charge in [0.2, 0.25) is 5.96 Å². The number of alkyl halides is 2. The minimum Gasteiger partial charge on any atom is -0.466 e. The zero-order valence-corrected chi connectivity index (χ0v) is 13.0. The monoisotopic (exact) mass is 338 g/mol. The van der Waals surface area contributed by atoms with E-state index in [0.29, 0.717) is 5.70 Å². The van der Waals surface area contributed by atoms with E-state index in [-0.39, 0.29) is 29.3 Å². The van der Waals surface area contributed by atoms with Gasteiger partial charge in [-0.05, 0) is 19.1 Å². The van der Waals surface area contributed by atoms with Gasteiger partial charge in [-0.1, -0.05) is 12.1 Å². The van der Waals surface area contributed by atoms with Crippen molar-refractivity contribution < 1.29 is 23.1 Å². The fourth-order valence-electron chi connectivity index (χ4n) is 2.40. The first-order valence-corrected chi connectivity index (χ1v) is 6.89. The molecule has 0 saturated carbocycles. The number of hydrogen-bond acceptors (Lipinski definition) is 4. The van der Waals surface area contributed by atoms with Gasteiger partial charge in [0.15, 0.2) is 0 Å². The predicted molar refractivity (Wildman–Crippen MR) is 82.6 cm³/mol. The Kier molecular flexibility index (Phi) is 4.82. The molecule has 0 radical (unpaired) electrons. The second-order valence-corrected chi connectivity index (χ2v) is 5.03. The minimum absolute atomic E-state index is 0.106. The molecule has 0 unspecified atom stereocenters. The van der Waals surface area contributed by atoms with E-state index in [1.54, 1.807) is 0 Å². The van der Waals surface area contributed by atoms with Crippen LogP contribution in [0.15, 0.2) is 35.5 Å². The smallest absolute Gasteiger partial charge is 0.337 e. The lowest BCUT2D eigenvalue weighted by atomic mass is 10.1. The number of primary amides is 1. The van der Waals surface area contributed by atoms with Crippen LogP contribution in [0.4, 0.5) is 19.3 Å². The van der Waals surface area contributed by atoms with Gasteiger partial charge < -0.3 is 10.5 Å². The Labute approximate surface area is 136 Å².